The first-order valence-corrected chi connectivity index (χ1v) is 7.76. The summed E-state index contributed by atoms with van der Waals surface area (Å²) in [7, 11) is -3.87. The first kappa shape index (κ1) is 14.5. The van der Waals surface area contributed by atoms with Gasteiger partial charge in [0, 0.05) is 19.2 Å². The van der Waals surface area contributed by atoms with E-state index in [1.807, 2.05) is 0 Å². The van der Waals surface area contributed by atoms with Crippen molar-refractivity contribution in [3.63, 3.8) is 0 Å². The number of furan rings is 1. The number of rotatable bonds is 3. The van der Waals surface area contributed by atoms with Gasteiger partial charge in [0.05, 0.1) is 6.10 Å². The quantitative estimate of drug-likeness (QED) is 0.835. The highest BCUT2D eigenvalue weighted by Gasteiger charge is 2.33. The molecule has 106 valence electrons. The molecule has 0 spiro atoms. The highest BCUT2D eigenvalue weighted by Crippen LogP contribution is 2.30. The van der Waals surface area contributed by atoms with Gasteiger partial charge in [-0.2, -0.15) is 4.31 Å². The van der Waals surface area contributed by atoms with Gasteiger partial charge in [0.2, 0.25) is 15.8 Å². The van der Waals surface area contributed by atoms with Crippen molar-refractivity contribution >= 4 is 31.9 Å². The van der Waals surface area contributed by atoms with Crippen LogP contribution in [0.4, 0.5) is 0 Å². The smallest absolute Gasteiger partial charge is 0.371 e. The average Bonchev–Trinajstić information content (AvgIpc) is 2.72. The molecule has 2 rings (SSSR count). The lowest BCUT2D eigenvalue weighted by molar-refractivity contribution is 0.0661. The lowest BCUT2D eigenvalue weighted by Crippen LogP contribution is -2.42. The van der Waals surface area contributed by atoms with E-state index in [2.05, 4.69) is 15.9 Å². The van der Waals surface area contributed by atoms with Gasteiger partial charge in [-0.15, -0.1) is 0 Å². The molecule has 0 aromatic carbocycles. The highest BCUT2D eigenvalue weighted by atomic mass is 79.9. The summed E-state index contributed by atoms with van der Waals surface area (Å²) >= 11 is 2.90. The number of nitrogens with zero attached hydrogens (tertiary/aromatic N) is 1. The van der Waals surface area contributed by atoms with Crippen LogP contribution in [0.25, 0.3) is 0 Å². The minimum Gasteiger partial charge on any atom is -0.475 e. The molecule has 0 saturated carbocycles. The maximum atomic E-state index is 12.3. The first-order chi connectivity index (χ1) is 8.82. The van der Waals surface area contributed by atoms with Crippen LogP contribution in [-0.2, 0) is 10.0 Å². The summed E-state index contributed by atoms with van der Waals surface area (Å²) in [5.41, 5.74) is 0. The predicted octanol–water partition coefficient (Wildman–Crippen LogP) is 0.886. The summed E-state index contributed by atoms with van der Waals surface area (Å²) in [4.78, 5) is 10.5. The van der Waals surface area contributed by atoms with Crippen molar-refractivity contribution in [2.24, 2.45) is 0 Å². The monoisotopic (exact) mass is 353 g/mol. The third kappa shape index (κ3) is 2.83. The molecule has 1 saturated heterocycles. The molecule has 0 bridgehead atoms. The number of carboxylic acid groups (broad SMARTS) is 1. The Bertz CT molecular complexity index is 595. The van der Waals surface area contributed by atoms with E-state index in [9.17, 15) is 18.3 Å². The number of aliphatic hydroxyl groups is 1. The molecule has 9 heteroatoms. The van der Waals surface area contributed by atoms with Crippen LogP contribution in [-0.4, -0.2) is 48.1 Å². The first-order valence-electron chi connectivity index (χ1n) is 5.53. The molecule has 2 N–H and O–H groups in total. The van der Waals surface area contributed by atoms with E-state index < -0.39 is 27.9 Å². The topological polar surface area (TPSA) is 108 Å². The molecule has 0 radical (unpaired) electrons. The van der Waals surface area contributed by atoms with Crippen molar-refractivity contribution in [3.8, 4) is 0 Å². The Morgan fingerprint density at radius 2 is 2.21 bits per heavy atom. The Hall–Kier alpha value is -0.900. The molecule has 1 aliphatic heterocycles. The lowest BCUT2D eigenvalue weighted by atomic mass is 10.1. The van der Waals surface area contributed by atoms with Crippen LogP contribution in [0.3, 0.4) is 0 Å². The normalized spacial score (nSPS) is 21.5. The van der Waals surface area contributed by atoms with Crippen LogP contribution in [0.1, 0.15) is 23.4 Å². The summed E-state index contributed by atoms with van der Waals surface area (Å²) in [5.74, 6) is -1.80. The van der Waals surface area contributed by atoms with Gasteiger partial charge in [-0.3, -0.25) is 0 Å². The highest BCUT2D eigenvalue weighted by molar-refractivity contribution is 9.10. The zero-order valence-electron chi connectivity index (χ0n) is 9.74. The Balaban J connectivity index is 2.36. The lowest BCUT2D eigenvalue weighted by Gasteiger charge is -2.28. The van der Waals surface area contributed by atoms with E-state index in [4.69, 9.17) is 9.52 Å². The van der Waals surface area contributed by atoms with Gasteiger partial charge in [-0.05, 0) is 28.8 Å². The summed E-state index contributed by atoms with van der Waals surface area (Å²) in [6, 6.07) is 0.961. The zero-order valence-corrected chi connectivity index (χ0v) is 12.1. The number of aromatic carboxylic acids is 1. The second kappa shape index (κ2) is 5.23. The second-order valence-electron chi connectivity index (χ2n) is 4.21. The van der Waals surface area contributed by atoms with Crippen molar-refractivity contribution in [1.82, 2.24) is 4.31 Å². The number of hydrogen-bond donors (Lipinski definition) is 2. The molecule has 1 aromatic rings. The Morgan fingerprint density at radius 1 is 1.53 bits per heavy atom. The van der Waals surface area contributed by atoms with E-state index in [0.717, 1.165) is 10.4 Å². The van der Waals surface area contributed by atoms with E-state index >= 15 is 0 Å². The number of halogens is 1. The SMILES string of the molecule is O=C(O)c1cc(S(=O)(=O)N2CCC[C@H](O)C2)c(Br)o1. The number of sulfonamides is 1. The molecule has 7 nitrogen and oxygen atoms in total. The van der Waals surface area contributed by atoms with Gasteiger partial charge in [-0.25, -0.2) is 13.2 Å². The maximum absolute atomic E-state index is 12.3. The van der Waals surface area contributed by atoms with Crippen LogP contribution in [0.2, 0.25) is 0 Å². The minimum atomic E-state index is -3.87. The predicted molar refractivity (Wildman–Crippen MR) is 67.4 cm³/mol. The molecular weight excluding hydrogens is 342 g/mol. The molecule has 19 heavy (non-hydrogen) atoms. The van der Waals surface area contributed by atoms with Crippen LogP contribution in [0.15, 0.2) is 20.0 Å². The number of carbonyl (C=O) groups is 1. The largest absolute Gasteiger partial charge is 0.475 e. The third-order valence-electron chi connectivity index (χ3n) is 2.84. The summed E-state index contributed by atoms with van der Waals surface area (Å²) in [6.45, 7) is 0.293. The Labute approximate surface area is 118 Å². The molecule has 1 aromatic heterocycles. The molecule has 0 amide bonds. The van der Waals surface area contributed by atoms with Gasteiger partial charge in [-0.1, -0.05) is 0 Å². The fourth-order valence-corrected chi connectivity index (χ4v) is 4.33. The zero-order chi connectivity index (χ0) is 14.2. The summed E-state index contributed by atoms with van der Waals surface area (Å²) in [5, 5.41) is 18.3. The number of piperidine rings is 1. The van der Waals surface area contributed by atoms with Crippen molar-refractivity contribution in [2.75, 3.05) is 13.1 Å². The van der Waals surface area contributed by atoms with Crippen LogP contribution in [0, 0.1) is 0 Å². The molecular formula is C10H12BrNO6S. The van der Waals surface area contributed by atoms with Crippen molar-refractivity contribution in [2.45, 2.75) is 23.8 Å². The van der Waals surface area contributed by atoms with Crippen molar-refractivity contribution in [3.05, 3.63) is 16.5 Å². The second-order valence-corrected chi connectivity index (χ2v) is 6.84. The molecule has 2 heterocycles. The number of carboxylic acids is 1. The molecule has 1 fully saturated rings. The van der Waals surface area contributed by atoms with E-state index in [0.29, 0.717) is 19.4 Å². The van der Waals surface area contributed by atoms with E-state index in [1.165, 1.54) is 0 Å². The Kier molecular flexibility index (Phi) is 4.00. The van der Waals surface area contributed by atoms with Gasteiger partial charge >= 0.3 is 5.97 Å². The molecule has 1 aliphatic rings. The van der Waals surface area contributed by atoms with Crippen LogP contribution in [0.5, 0.6) is 0 Å². The molecule has 0 aliphatic carbocycles. The van der Waals surface area contributed by atoms with E-state index in [1.54, 1.807) is 0 Å². The fraction of sp³-hybridized carbons (Fsp3) is 0.500. The number of aliphatic hydroxyl groups excluding tert-OH is 1. The summed E-state index contributed by atoms with van der Waals surface area (Å²) in [6.07, 6.45) is 0.411. The van der Waals surface area contributed by atoms with Gasteiger partial charge < -0.3 is 14.6 Å². The fourth-order valence-electron chi connectivity index (χ4n) is 1.91. The average molecular weight is 354 g/mol. The van der Waals surface area contributed by atoms with Gasteiger partial charge in [0.1, 0.15) is 4.90 Å². The van der Waals surface area contributed by atoms with Crippen LogP contribution < -0.4 is 0 Å². The molecule has 1 atom stereocenters. The Morgan fingerprint density at radius 3 is 2.74 bits per heavy atom. The molecule has 0 unspecified atom stereocenters. The maximum Gasteiger partial charge on any atom is 0.371 e. The number of β-amino-alcohol motifs (C(OH)–C–C–N with tert-alkyl or cyclic N) is 1. The van der Waals surface area contributed by atoms with Gasteiger partial charge in [0.15, 0.2) is 4.67 Å². The summed E-state index contributed by atoms with van der Waals surface area (Å²) < 4.78 is 30.5. The van der Waals surface area contributed by atoms with Gasteiger partial charge in [0.25, 0.3) is 0 Å². The number of hydrogen-bond acceptors (Lipinski definition) is 5. The standard InChI is InChI=1S/C10H12BrNO6S/c11-9-8(4-7(18-9)10(14)15)19(16,17)12-3-1-2-6(13)5-12/h4,6,13H,1-3,5H2,(H,14,15)/t6-/m0/s1. The minimum absolute atomic E-state index is 0.00234. The third-order valence-corrected chi connectivity index (χ3v) is 5.57. The van der Waals surface area contributed by atoms with E-state index in [-0.39, 0.29) is 16.1 Å². The van der Waals surface area contributed by atoms with Crippen LogP contribution >= 0.6 is 15.9 Å². The van der Waals surface area contributed by atoms with Crippen molar-refractivity contribution in [1.29, 1.82) is 0 Å². The van der Waals surface area contributed by atoms with Crippen molar-refractivity contribution < 1.29 is 27.8 Å².